The minimum atomic E-state index is -0.280. The number of hydrogen-bond donors (Lipinski definition) is 1. The number of nitrogens with zero attached hydrogens (tertiary/aromatic N) is 2. The molecule has 1 N–H and O–H groups in total. The average molecular weight is 257 g/mol. The third-order valence-electron chi connectivity index (χ3n) is 2.56. The molecule has 5 nitrogen and oxygen atoms in total. The summed E-state index contributed by atoms with van der Waals surface area (Å²) in [6.45, 7) is 4.28. The lowest BCUT2D eigenvalue weighted by Crippen LogP contribution is -2.14. The molecule has 1 heterocycles. The molecule has 0 bridgehead atoms. The van der Waals surface area contributed by atoms with Crippen molar-refractivity contribution in [3.05, 3.63) is 47.9 Å². The maximum Gasteiger partial charge on any atom is 0.274 e. The molecular formula is C14H15N3O2. The Kier molecular flexibility index (Phi) is 4.07. The maximum absolute atomic E-state index is 12.1. The van der Waals surface area contributed by atoms with Crippen molar-refractivity contribution in [2.75, 3.05) is 11.9 Å². The van der Waals surface area contributed by atoms with Crippen molar-refractivity contribution < 1.29 is 9.53 Å². The van der Waals surface area contributed by atoms with E-state index in [0.717, 1.165) is 11.3 Å². The van der Waals surface area contributed by atoms with Crippen LogP contribution in [0.1, 0.15) is 23.0 Å². The first-order valence-electron chi connectivity index (χ1n) is 6.02. The van der Waals surface area contributed by atoms with Crippen LogP contribution < -0.4 is 10.1 Å². The fraction of sp³-hybridized carbons (Fsp3) is 0.214. The van der Waals surface area contributed by atoms with Gasteiger partial charge in [-0.25, -0.2) is 9.97 Å². The quantitative estimate of drug-likeness (QED) is 0.913. The summed E-state index contributed by atoms with van der Waals surface area (Å²) >= 11 is 0. The van der Waals surface area contributed by atoms with Gasteiger partial charge in [-0.3, -0.25) is 4.79 Å². The summed E-state index contributed by atoms with van der Waals surface area (Å²) in [7, 11) is 0. The number of carbonyl (C=O) groups is 1. The Bertz CT molecular complexity index is 584. The van der Waals surface area contributed by atoms with E-state index < -0.39 is 0 Å². The molecule has 2 rings (SSSR count). The van der Waals surface area contributed by atoms with E-state index in [-0.39, 0.29) is 11.6 Å². The molecule has 0 atom stereocenters. The van der Waals surface area contributed by atoms with Gasteiger partial charge in [0.25, 0.3) is 5.91 Å². The van der Waals surface area contributed by atoms with Crippen molar-refractivity contribution in [3.63, 3.8) is 0 Å². The fourth-order valence-electron chi connectivity index (χ4n) is 1.59. The van der Waals surface area contributed by atoms with Gasteiger partial charge in [0.1, 0.15) is 12.0 Å². The van der Waals surface area contributed by atoms with Crippen molar-refractivity contribution in [3.8, 4) is 5.88 Å². The lowest BCUT2D eigenvalue weighted by atomic mass is 10.2. The molecule has 0 fully saturated rings. The Labute approximate surface area is 111 Å². The van der Waals surface area contributed by atoms with Gasteiger partial charge in [0, 0.05) is 11.8 Å². The number of amides is 1. The molecule has 0 aliphatic carbocycles. The van der Waals surface area contributed by atoms with Gasteiger partial charge < -0.3 is 10.1 Å². The fourth-order valence-corrected chi connectivity index (χ4v) is 1.59. The van der Waals surface area contributed by atoms with Crippen molar-refractivity contribution in [2.45, 2.75) is 13.8 Å². The van der Waals surface area contributed by atoms with Crippen molar-refractivity contribution in [1.29, 1.82) is 0 Å². The topological polar surface area (TPSA) is 64.1 Å². The van der Waals surface area contributed by atoms with E-state index in [2.05, 4.69) is 15.3 Å². The van der Waals surface area contributed by atoms with E-state index >= 15 is 0 Å². The number of ether oxygens (including phenoxy) is 1. The van der Waals surface area contributed by atoms with Gasteiger partial charge in [-0.15, -0.1) is 0 Å². The maximum atomic E-state index is 12.1. The zero-order chi connectivity index (χ0) is 13.7. The molecule has 1 aromatic heterocycles. The first-order chi connectivity index (χ1) is 9.20. The van der Waals surface area contributed by atoms with Crippen LogP contribution in [-0.4, -0.2) is 22.5 Å². The monoisotopic (exact) mass is 257 g/mol. The number of aromatic nitrogens is 2. The molecular weight excluding hydrogens is 242 g/mol. The Balaban J connectivity index is 2.16. The molecule has 0 radical (unpaired) electrons. The summed E-state index contributed by atoms with van der Waals surface area (Å²) in [6.07, 6.45) is 1.32. The highest BCUT2D eigenvalue weighted by Gasteiger charge is 2.10. The number of rotatable bonds is 4. The number of nitrogens with one attached hydrogen (secondary N) is 1. The van der Waals surface area contributed by atoms with Gasteiger partial charge in [0.15, 0.2) is 0 Å². The zero-order valence-corrected chi connectivity index (χ0v) is 10.9. The molecule has 0 aliphatic heterocycles. The predicted octanol–water partition coefficient (Wildman–Crippen LogP) is 2.44. The number of aryl methyl sites for hydroxylation is 1. The number of benzene rings is 1. The Morgan fingerprint density at radius 2 is 2.11 bits per heavy atom. The van der Waals surface area contributed by atoms with E-state index in [4.69, 9.17) is 4.74 Å². The van der Waals surface area contributed by atoms with Gasteiger partial charge in [0.05, 0.1) is 6.61 Å². The standard InChI is InChI=1S/C14H15N3O2/c1-3-19-13-8-12(15-9-16-13)14(18)17-11-7-5-4-6-10(11)2/h4-9H,3H2,1-2H3,(H,17,18). The van der Waals surface area contributed by atoms with Gasteiger partial charge >= 0.3 is 0 Å². The van der Waals surface area contributed by atoms with Crippen LogP contribution in [0.4, 0.5) is 5.69 Å². The molecule has 98 valence electrons. The summed E-state index contributed by atoms with van der Waals surface area (Å²) in [5.74, 6) is 0.116. The zero-order valence-electron chi connectivity index (χ0n) is 10.9. The van der Waals surface area contributed by atoms with Gasteiger partial charge in [0.2, 0.25) is 5.88 Å². The normalized spacial score (nSPS) is 10.0. The lowest BCUT2D eigenvalue weighted by molar-refractivity contribution is 0.102. The number of carbonyl (C=O) groups excluding carboxylic acids is 1. The van der Waals surface area contributed by atoms with E-state index in [0.29, 0.717) is 12.5 Å². The van der Waals surface area contributed by atoms with E-state index in [9.17, 15) is 4.79 Å². The highest BCUT2D eigenvalue weighted by molar-refractivity contribution is 6.03. The average Bonchev–Trinajstić information content (AvgIpc) is 2.42. The lowest BCUT2D eigenvalue weighted by Gasteiger charge is -2.08. The minimum Gasteiger partial charge on any atom is -0.478 e. The van der Waals surface area contributed by atoms with Crippen molar-refractivity contribution in [2.24, 2.45) is 0 Å². The number of anilines is 1. The van der Waals surface area contributed by atoms with Crippen LogP contribution in [0.2, 0.25) is 0 Å². The third-order valence-corrected chi connectivity index (χ3v) is 2.56. The first-order valence-corrected chi connectivity index (χ1v) is 6.02. The van der Waals surface area contributed by atoms with Crippen LogP contribution in [0.3, 0.4) is 0 Å². The van der Waals surface area contributed by atoms with E-state index in [1.165, 1.54) is 12.4 Å². The van der Waals surface area contributed by atoms with Gasteiger partial charge in [-0.1, -0.05) is 18.2 Å². The van der Waals surface area contributed by atoms with Crippen LogP contribution in [0.5, 0.6) is 5.88 Å². The Hall–Kier alpha value is -2.43. The molecule has 0 saturated carbocycles. The van der Waals surface area contributed by atoms with Crippen molar-refractivity contribution in [1.82, 2.24) is 9.97 Å². The molecule has 5 heteroatoms. The van der Waals surface area contributed by atoms with Crippen LogP contribution >= 0.6 is 0 Å². The summed E-state index contributed by atoms with van der Waals surface area (Å²) in [5.41, 5.74) is 2.04. The molecule has 0 aliphatic rings. The summed E-state index contributed by atoms with van der Waals surface area (Å²) in [6, 6.07) is 9.09. The molecule has 1 aromatic carbocycles. The SMILES string of the molecule is CCOc1cc(C(=O)Nc2ccccc2C)ncn1. The van der Waals surface area contributed by atoms with Crippen LogP contribution in [0.25, 0.3) is 0 Å². The molecule has 0 saturated heterocycles. The number of hydrogen-bond acceptors (Lipinski definition) is 4. The second-order valence-electron chi connectivity index (χ2n) is 3.94. The highest BCUT2D eigenvalue weighted by Crippen LogP contribution is 2.15. The molecule has 1 amide bonds. The first kappa shape index (κ1) is 13.0. The second-order valence-corrected chi connectivity index (χ2v) is 3.94. The predicted molar refractivity (Wildman–Crippen MR) is 72.3 cm³/mol. The van der Waals surface area contributed by atoms with Crippen LogP contribution in [0.15, 0.2) is 36.7 Å². The van der Waals surface area contributed by atoms with Gasteiger partial charge in [-0.05, 0) is 25.5 Å². The van der Waals surface area contributed by atoms with Crippen LogP contribution in [0, 0.1) is 6.92 Å². The van der Waals surface area contributed by atoms with E-state index in [1.54, 1.807) is 0 Å². The van der Waals surface area contributed by atoms with Crippen LogP contribution in [-0.2, 0) is 0 Å². The molecule has 2 aromatic rings. The summed E-state index contributed by atoms with van der Waals surface area (Å²) < 4.78 is 5.24. The highest BCUT2D eigenvalue weighted by atomic mass is 16.5. The van der Waals surface area contributed by atoms with Gasteiger partial charge in [-0.2, -0.15) is 0 Å². The summed E-state index contributed by atoms with van der Waals surface area (Å²) in [5, 5.41) is 2.81. The molecule has 0 spiro atoms. The van der Waals surface area contributed by atoms with Crippen molar-refractivity contribution >= 4 is 11.6 Å². The Morgan fingerprint density at radius 1 is 1.32 bits per heavy atom. The molecule has 0 unspecified atom stereocenters. The smallest absolute Gasteiger partial charge is 0.274 e. The van der Waals surface area contributed by atoms with E-state index in [1.807, 2.05) is 38.1 Å². The second kappa shape index (κ2) is 5.95. The summed E-state index contributed by atoms with van der Waals surface area (Å²) in [4.78, 5) is 19.9. The minimum absolute atomic E-state index is 0.279. The Morgan fingerprint density at radius 3 is 2.84 bits per heavy atom. The molecule has 19 heavy (non-hydrogen) atoms. The number of para-hydroxylation sites is 1. The largest absolute Gasteiger partial charge is 0.478 e. The third kappa shape index (κ3) is 3.28.